The summed E-state index contributed by atoms with van der Waals surface area (Å²) in [6.45, 7) is 0. The van der Waals surface area contributed by atoms with Gasteiger partial charge in [0.2, 0.25) is 0 Å². The van der Waals surface area contributed by atoms with Gasteiger partial charge in [-0.1, -0.05) is 11.6 Å². The average molecular weight is 270 g/mol. The fourth-order valence-electron chi connectivity index (χ4n) is 1.12. The SMILES string of the molecule is C#CCC(Nc1ncc([N+](=O)[O-])cc1Cl)C(=O)O. The number of terminal acetylenes is 1. The molecule has 1 rings (SSSR count). The van der Waals surface area contributed by atoms with Crippen molar-refractivity contribution in [2.45, 2.75) is 12.5 Å². The summed E-state index contributed by atoms with van der Waals surface area (Å²) in [5.74, 6) is 1.07. The van der Waals surface area contributed by atoms with Crippen LogP contribution < -0.4 is 5.32 Å². The zero-order chi connectivity index (χ0) is 13.7. The molecule has 0 aromatic carbocycles. The van der Waals surface area contributed by atoms with Crippen molar-refractivity contribution in [2.75, 3.05) is 5.32 Å². The van der Waals surface area contributed by atoms with Gasteiger partial charge < -0.3 is 10.4 Å². The maximum atomic E-state index is 10.8. The van der Waals surface area contributed by atoms with Gasteiger partial charge in [-0.25, -0.2) is 9.78 Å². The summed E-state index contributed by atoms with van der Waals surface area (Å²) in [5.41, 5.74) is -0.283. The van der Waals surface area contributed by atoms with Gasteiger partial charge in [0, 0.05) is 12.5 Å². The third-order valence-corrected chi connectivity index (χ3v) is 2.26. The number of halogens is 1. The van der Waals surface area contributed by atoms with E-state index in [0.29, 0.717) is 0 Å². The van der Waals surface area contributed by atoms with Crippen LogP contribution in [0.25, 0.3) is 0 Å². The van der Waals surface area contributed by atoms with Gasteiger partial charge >= 0.3 is 5.97 Å². The van der Waals surface area contributed by atoms with E-state index >= 15 is 0 Å². The second kappa shape index (κ2) is 5.84. The van der Waals surface area contributed by atoms with Gasteiger partial charge in [-0.3, -0.25) is 10.1 Å². The molecule has 0 aliphatic heterocycles. The molecule has 1 aromatic heterocycles. The minimum Gasteiger partial charge on any atom is -0.480 e. The molecule has 0 spiro atoms. The molecule has 0 aliphatic rings. The molecule has 1 aromatic rings. The van der Waals surface area contributed by atoms with Gasteiger partial charge in [-0.2, -0.15) is 0 Å². The Labute approximate surface area is 107 Å². The number of carboxylic acid groups (broad SMARTS) is 1. The average Bonchev–Trinajstić information content (AvgIpc) is 2.30. The monoisotopic (exact) mass is 269 g/mol. The maximum Gasteiger partial charge on any atom is 0.327 e. The van der Waals surface area contributed by atoms with Crippen molar-refractivity contribution >= 4 is 29.1 Å². The molecule has 1 heterocycles. The van der Waals surface area contributed by atoms with Crippen LogP contribution in [0.3, 0.4) is 0 Å². The van der Waals surface area contributed by atoms with Crippen LogP contribution in [0.5, 0.6) is 0 Å². The lowest BCUT2D eigenvalue weighted by Crippen LogP contribution is -2.29. The minimum absolute atomic E-state index is 0.0323. The van der Waals surface area contributed by atoms with Crippen LogP contribution >= 0.6 is 11.6 Å². The Morgan fingerprint density at radius 3 is 2.89 bits per heavy atom. The van der Waals surface area contributed by atoms with E-state index < -0.39 is 16.9 Å². The molecule has 2 N–H and O–H groups in total. The van der Waals surface area contributed by atoms with Gasteiger partial charge in [0.25, 0.3) is 5.69 Å². The van der Waals surface area contributed by atoms with Gasteiger partial charge in [-0.05, 0) is 0 Å². The van der Waals surface area contributed by atoms with Crippen molar-refractivity contribution < 1.29 is 14.8 Å². The molecule has 0 aliphatic carbocycles. The smallest absolute Gasteiger partial charge is 0.327 e. The van der Waals surface area contributed by atoms with Crippen LogP contribution in [0.15, 0.2) is 12.3 Å². The summed E-state index contributed by atoms with van der Waals surface area (Å²) in [7, 11) is 0. The molecular formula is C10H8ClN3O4. The molecule has 0 saturated heterocycles. The molecule has 7 nitrogen and oxygen atoms in total. The van der Waals surface area contributed by atoms with Crippen LogP contribution in [0, 0.1) is 22.5 Å². The van der Waals surface area contributed by atoms with Crippen molar-refractivity contribution in [3.8, 4) is 12.3 Å². The van der Waals surface area contributed by atoms with Crippen molar-refractivity contribution in [2.24, 2.45) is 0 Å². The molecule has 94 valence electrons. The highest BCUT2D eigenvalue weighted by molar-refractivity contribution is 6.33. The van der Waals surface area contributed by atoms with Gasteiger partial charge in [0.05, 0.1) is 9.95 Å². The number of carboxylic acids is 1. The standard InChI is InChI=1S/C10H8ClN3O4/c1-2-3-8(10(15)16)13-9-7(11)4-6(5-12-9)14(17)18/h1,4-5,8H,3H2,(H,12,13)(H,15,16). The predicted octanol–water partition coefficient (Wildman–Crippen LogP) is 1.53. The second-order valence-corrected chi connectivity index (χ2v) is 3.63. The summed E-state index contributed by atoms with van der Waals surface area (Å²) in [6, 6.07) is 0.0209. The summed E-state index contributed by atoms with van der Waals surface area (Å²) in [6.07, 6.45) is 5.94. The Morgan fingerprint density at radius 1 is 1.78 bits per heavy atom. The largest absolute Gasteiger partial charge is 0.480 e. The first-order chi connectivity index (χ1) is 8.45. The molecule has 0 bridgehead atoms. The van der Waals surface area contributed by atoms with Crippen LogP contribution in [0.1, 0.15) is 6.42 Å². The number of carbonyl (C=O) groups is 1. The van der Waals surface area contributed by atoms with E-state index in [0.717, 1.165) is 12.3 Å². The van der Waals surface area contributed by atoms with E-state index in [1.807, 2.05) is 0 Å². The number of nitrogens with zero attached hydrogens (tertiary/aromatic N) is 2. The number of rotatable bonds is 5. The van der Waals surface area contributed by atoms with E-state index in [1.165, 1.54) is 0 Å². The molecular weight excluding hydrogens is 262 g/mol. The number of aliphatic carboxylic acids is 1. The molecule has 0 saturated carbocycles. The Bertz CT molecular complexity index is 526. The second-order valence-electron chi connectivity index (χ2n) is 3.22. The first kappa shape index (κ1) is 13.7. The molecule has 18 heavy (non-hydrogen) atoms. The van der Waals surface area contributed by atoms with Gasteiger partial charge in [-0.15, -0.1) is 12.3 Å². The van der Waals surface area contributed by atoms with E-state index in [2.05, 4.69) is 16.2 Å². The third kappa shape index (κ3) is 3.33. The van der Waals surface area contributed by atoms with E-state index in [4.69, 9.17) is 23.1 Å². The van der Waals surface area contributed by atoms with Gasteiger partial charge in [0.15, 0.2) is 0 Å². The Hall–Kier alpha value is -2.33. The minimum atomic E-state index is -1.16. The Balaban J connectivity index is 2.94. The Morgan fingerprint density at radius 2 is 2.44 bits per heavy atom. The van der Waals surface area contributed by atoms with Crippen LogP contribution in [-0.4, -0.2) is 27.0 Å². The van der Waals surface area contributed by atoms with E-state index in [9.17, 15) is 14.9 Å². The van der Waals surface area contributed by atoms with E-state index in [-0.39, 0.29) is 22.9 Å². The number of pyridine rings is 1. The highest BCUT2D eigenvalue weighted by Crippen LogP contribution is 2.24. The van der Waals surface area contributed by atoms with Gasteiger partial charge in [0.1, 0.15) is 18.1 Å². The molecule has 1 unspecified atom stereocenters. The van der Waals surface area contributed by atoms with E-state index in [1.54, 1.807) is 0 Å². The van der Waals surface area contributed by atoms with Crippen molar-refractivity contribution in [1.29, 1.82) is 0 Å². The fourth-order valence-corrected chi connectivity index (χ4v) is 1.33. The topological polar surface area (TPSA) is 105 Å². The van der Waals surface area contributed by atoms with Crippen LogP contribution in [0.4, 0.5) is 11.5 Å². The zero-order valence-corrected chi connectivity index (χ0v) is 9.72. The molecule has 0 amide bonds. The number of hydrogen-bond donors (Lipinski definition) is 2. The third-order valence-electron chi connectivity index (χ3n) is 1.97. The number of aromatic nitrogens is 1. The fraction of sp³-hybridized carbons (Fsp3) is 0.200. The lowest BCUT2D eigenvalue weighted by Gasteiger charge is -2.13. The summed E-state index contributed by atoms with van der Waals surface area (Å²) < 4.78 is 0. The van der Waals surface area contributed by atoms with Crippen LogP contribution in [0.2, 0.25) is 5.02 Å². The predicted molar refractivity (Wildman–Crippen MR) is 64.4 cm³/mol. The zero-order valence-electron chi connectivity index (χ0n) is 8.96. The molecule has 8 heteroatoms. The number of hydrogen-bond acceptors (Lipinski definition) is 5. The normalized spacial score (nSPS) is 11.3. The first-order valence-corrected chi connectivity index (χ1v) is 5.06. The lowest BCUT2D eigenvalue weighted by molar-refractivity contribution is -0.385. The Kier molecular flexibility index (Phi) is 4.45. The quantitative estimate of drug-likeness (QED) is 0.477. The molecule has 1 atom stereocenters. The molecule has 0 radical (unpaired) electrons. The summed E-state index contributed by atoms with van der Waals surface area (Å²) >= 11 is 5.75. The number of nitrogens with one attached hydrogen (secondary N) is 1. The summed E-state index contributed by atoms with van der Waals surface area (Å²) in [4.78, 5) is 24.3. The van der Waals surface area contributed by atoms with Crippen LogP contribution in [-0.2, 0) is 4.79 Å². The molecule has 0 fully saturated rings. The number of nitro groups is 1. The maximum absolute atomic E-state index is 10.8. The van der Waals surface area contributed by atoms with Crippen molar-refractivity contribution in [3.05, 3.63) is 27.4 Å². The number of anilines is 1. The van der Waals surface area contributed by atoms with Crippen molar-refractivity contribution in [3.63, 3.8) is 0 Å². The lowest BCUT2D eigenvalue weighted by atomic mass is 10.2. The van der Waals surface area contributed by atoms with Crippen molar-refractivity contribution in [1.82, 2.24) is 4.98 Å². The highest BCUT2D eigenvalue weighted by atomic mass is 35.5. The highest BCUT2D eigenvalue weighted by Gasteiger charge is 2.19. The summed E-state index contributed by atoms with van der Waals surface area (Å²) in [5, 5.41) is 21.8. The first-order valence-electron chi connectivity index (χ1n) is 4.68.